The number of ketones is 1. The smallest absolute Gasteiger partial charge is 0.217 e. The molecule has 0 aliphatic heterocycles. The Morgan fingerprint density at radius 3 is 2.14 bits per heavy atom. The van der Waals surface area contributed by atoms with E-state index in [-0.39, 0.29) is 31.6 Å². The van der Waals surface area contributed by atoms with E-state index in [2.05, 4.69) is 79.5 Å². The van der Waals surface area contributed by atoms with Gasteiger partial charge in [-0.1, -0.05) is 54.6 Å². The van der Waals surface area contributed by atoms with Crippen LogP contribution in [0.3, 0.4) is 0 Å². The first kappa shape index (κ1) is 27.8. The Kier molecular flexibility index (Phi) is 9.35. The number of pyridine rings is 1. The Labute approximate surface area is 231 Å². The third-order valence-electron chi connectivity index (χ3n) is 5.72. The van der Waals surface area contributed by atoms with Crippen LogP contribution >= 0.6 is 0 Å². The maximum atomic E-state index is 10.0. The van der Waals surface area contributed by atoms with Crippen molar-refractivity contribution in [2.45, 2.75) is 27.7 Å². The second kappa shape index (κ2) is 12.4. The van der Waals surface area contributed by atoms with Crippen LogP contribution in [0.5, 0.6) is 0 Å². The molecule has 5 rings (SSSR count). The molecular formula is C32H28IrNO3-. The largest absolute Gasteiger partial charge is 0.512 e. The van der Waals surface area contributed by atoms with Gasteiger partial charge in [-0.25, -0.2) is 0 Å². The van der Waals surface area contributed by atoms with E-state index in [1.165, 1.54) is 42.2 Å². The topological polar surface area (TPSA) is 63.3 Å². The van der Waals surface area contributed by atoms with Crippen LogP contribution in [0.4, 0.5) is 0 Å². The first-order valence-electron chi connectivity index (χ1n) is 11.7. The normalized spacial score (nSPS) is 10.9. The van der Waals surface area contributed by atoms with Gasteiger partial charge >= 0.3 is 0 Å². The summed E-state index contributed by atoms with van der Waals surface area (Å²) in [5.41, 5.74) is 8.62. The quantitative estimate of drug-likeness (QED) is 0.119. The Bertz CT molecular complexity index is 1510. The van der Waals surface area contributed by atoms with Crippen LogP contribution in [0.15, 0.2) is 101 Å². The Morgan fingerprint density at radius 2 is 1.57 bits per heavy atom. The van der Waals surface area contributed by atoms with Gasteiger partial charge in [0.2, 0.25) is 5.71 Å². The summed E-state index contributed by atoms with van der Waals surface area (Å²) in [5, 5.41) is 9.36. The van der Waals surface area contributed by atoms with E-state index in [1.54, 1.807) is 0 Å². The van der Waals surface area contributed by atoms with Crippen molar-refractivity contribution < 1.29 is 34.4 Å². The number of hydrogen-bond donors (Lipinski definition) is 1. The summed E-state index contributed by atoms with van der Waals surface area (Å²) in [6.07, 6.45) is 1.17. The molecule has 0 fully saturated rings. The number of rotatable bonds is 4. The second-order valence-corrected chi connectivity index (χ2v) is 8.72. The predicted molar refractivity (Wildman–Crippen MR) is 146 cm³/mol. The van der Waals surface area contributed by atoms with E-state index >= 15 is 0 Å². The molecule has 0 saturated heterocycles. The van der Waals surface area contributed by atoms with Crippen LogP contribution in [-0.4, -0.2) is 15.9 Å². The van der Waals surface area contributed by atoms with Crippen molar-refractivity contribution in [3.8, 4) is 33.7 Å². The van der Waals surface area contributed by atoms with Crippen molar-refractivity contribution in [3.05, 3.63) is 114 Å². The molecule has 5 heteroatoms. The summed E-state index contributed by atoms with van der Waals surface area (Å²) in [5.74, 6) is 0.766. The van der Waals surface area contributed by atoms with E-state index in [1.807, 2.05) is 30.3 Å². The number of carbonyl (C=O) groups excluding carboxylic acids is 1. The minimum atomic E-state index is -0.125. The minimum Gasteiger partial charge on any atom is -0.512 e. The summed E-state index contributed by atoms with van der Waals surface area (Å²) in [4.78, 5) is 14.7. The Morgan fingerprint density at radius 1 is 0.892 bits per heavy atom. The van der Waals surface area contributed by atoms with E-state index < -0.39 is 0 Å². The number of furan rings is 1. The molecule has 0 spiro atoms. The molecular weight excluding hydrogens is 639 g/mol. The van der Waals surface area contributed by atoms with Crippen LogP contribution < -0.4 is 0 Å². The van der Waals surface area contributed by atoms with Crippen LogP contribution in [0, 0.1) is 19.9 Å². The maximum Gasteiger partial charge on any atom is 0.217 e. The zero-order valence-electron chi connectivity index (χ0n) is 21.2. The molecule has 0 aliphatic carbocycles. The van der Waals surface area contributed by atoms with Crippen LogP contribution in [0.25, 0.3) is 44.8 Å². The van der Waals surface area contributed by atoms with Gasteiger partial charge in [-0.2, -0.15) is 0 Å². The summed E-state index contributed by atoms with van der Waals surface area (Å²) in [6, 6.07) is 32.1. The van der Waals surface area contributed by atoms with E-state index in [9.17, 15) is 4.79 Å². The molecule has 189 valence electrons. The van der Waals surface area contributed by atoms with Gasteiger partial charge in [-0.15, -0.1) is 35.9 Å². The van der Waals surface area contributed by atoms with Crippen LogP contribution in [0.2, 0.25) is 0 Å². The first-order valence-corrected chi connectivity index (χ1v) is 11.7. The molecule has 3 aromatic carbocycles. The molecule has 37 heavy (non-hydrogen) atoms. The van der Waals surface area contributed by atoms with Crippen molar-refractivity contribution in [2.75, 3.05) is 0 Å². The van der Waals surface area contributed by atoms with Gasteiger partial charge in [0.1, 0.15) is 5.76 Å². The van der Waals surface area contributed by atoms with Gasteiger partial charge in [0.05, 0.1) is 5.76 Å². The summed E-state index contributed by atoms with van der Waals surface area (Å²) in [6.45, 7) is 7.16. The predicted octanol–water partition coefficient (Wildman–Crippen LogP) is 8.28. The van der Waals surface area contributed by atoms with E-state index in [0.29, 0.717) is 5.71 Å². The maximum absolute atomic E-state index is 10.0. The van der Waals surface area contributed by atoms with Gasteiger partial charge < -0.3 is 9.52 Å². The standard InChI is InChI=1S/C27H20NO.C5H8O2.Ir/c1-18-7-6-8-19(2)26(18)22-13-11-21(12-14-22)25-17-23-15-16-24(28-27(23)29-25)20-9-4-3-5-10-20;1-4(6)3-5(2)7;/h3-9,11-17H,1-2H3;3,6H,1-2H3;/q-1;;/b;4-3-;. The molecule has 2 heterocycles. The molecule has 0 atom stereocenters. The molecule has 2 aromatic heterocycles. The third kappa shape index (κ3) is 6.91. The number of carbonyl (C=O) groups is 1. The number of aliphatic hydroxyl groups excluding tert-OH is 1. The average molecular weight is 667 g/mol. The first-order chi connectivity index (χ1) is 17.3. The third-order valence-corrected chi connectivity index (χ3v) is 5.72. The van der Waals surface area contributed by atoms with Gasteiger partial charge in [-0.05, 0) is 61.7 Å². The summed E-state index contributed by atoms with van der Waals surface area (Å²) in [7, 11) is 0. The van der Waals surface area contributed by atoms with Crippen molar-refractivity contribution in [1.82, 2.24) is 4.98 Å². The Balaban J connectivity index is 0.000000422. The molecule has 1 N–H and O–H groups in total. The van der Waals surface area contributed by atoms with Gasteiger partial charge in [-0.3, -0.25) is 9.78 Å². The molecule has 0 saturated carbocycles. The molecule has 1 radical (unpaired) electrons. The fraction of sp³-hybridized carbons (Fsp3) is 0.125. The van der Waals surface area contributed by atoms with Crippen molar-refractivity contribution in [3.63, 3.8) is 0 Å². The van der Waals surface area contributed by atoms with Crippen molar-refractivity contribution in [1.29, 1.82) is 0 Å². The molecule has 5 aromatic rings. The van der Waals surface area contributed by atoms with E-state index in [4.69, 9.17) is 9.52 Å². The number of allylic oxidation sites excluding steroid dienone is 2. The number of hydrogen-bond acceptors (Lipinski definition) is 4. The van der Waals surface area contributed by atoms with Crippen molar-refractivity contribution >= 4 is 16.9 Å². The molecule has 0 bridgehead atoms. The van der Waals surface area contributed by atoms with E-state index in [0.717, 1.165) is 28.0 Å². The zero-order chi connectivity index (χ0) is 25.7. The average Bonchev–Trinajstić information content (AvgIpc) is 3.28. The number of benzene rings is 3. The van der Waals surface area contributed by atoms with Gasteiger partial charge in [0.15, 0.2) is 5.78 Å². The fourth-order valence-electron chi connectivity index (χ4n) is 4.13. The van der Waals surface area contributed by atoms with Crippen LogP contribution in [-0.2, 0) is 24.9 Å². The van der Waals surface area contributed by atoms with Gasteiger partial charge in [0.25, 0.3) is 0 Å². The van der Waals surface area contributed by atoms with Gasteiger partial charge in [0, 0.05) is 37.1 Å². The number of nitrogens with zero attached hydrogens (tertiary/aromatic N) is 1. The van der Waals surface area contributed by atoms with Crippen LogP contribution in [0.1, 0.15) is 25.0 Å². The molecule has 4 nitrogen and oxygen atoms in total. The number of aromatic nitrogens is 1. The molecule has 0 unspecified atom stereocenters. The summed E-state index contributed by atoms with van der Waals surface area (Å²) >= 11 is 0. The SMILES string of the molecule is CC(=O)/C=C(/C)O.Cc1cccc(C)c1-c1ccc(-c2cc3ccc(-c4[c-]cccc4)nc3o2)cc1.[Ir]. The number of aliphatic hydroxyl groups is 1. The Hall–Kier alpha value is -3.79. The second-order valence-electron chi connectivity index (χ2n) is 8.72. The molecule has 0 aliphatic rings. The molecule has 0 amide bonds. The fourth-order valence-corrected chi connectivity index (χ4v) is 4.13. The number of fused-ring (bicyclic) bond motifs is 1. The monoisotopic (exact) mass is 667 g/mol. The summed E-state index contributed by atoms with van der Waals surface area (Å²) < 4.78 is 6.08. The minimum absolute atomic E-state index is 0. The zero-order valence-corrected chi connectivity index (χ0v) is 23.6. The van der Waals surface area contributed by atoms with Crippen molar-refractivity contribution in [2.24, 2.45) is 0 Å². The number of aryl methyl sites for hydroxylation is 2.